The number of nitrogens with zero attached hydrogens (tertiary/aromatic N) is 1. The number of rotatable bonds is 47. The number of aryl methyl sites for hydroxylation is 1. The summed E-state index contributed by atoms with van der Waals surface area (Å²) in [4.78, 5) is 43.5. The Labute approximate surface area is 423 Å². The van der Waals surface area contributed by atoms with E-state index in [9.17, 15) is 14.4 Å². The first-order valence-corrected chi connectivity index (χ1v) is 28.3. The summed E-state index contributed by atoms with van der Waals surface area (Å²) in [6, 6.07) is 0. The summed E-state index contributed by atoms with van der Waals surface area (Å²) in [6.07, 6.45) is 66.7. The Morgan fingerprint density at radius 2 is 0.725 bits per heavy atom. The molecule has 0 spiro atoms. The van der Waals surface area contributed by atoms with Gasteiger partial charge in [0.1, 0.15) is 13.2 Å². The van der Waals surface area contributed by atoms with Gasteiger partial charge in [0.25, 0.3) is 0 Å². The van der Waals surface area contributed by atoms with Gasteiger partial charge in [-0.3, -0.25) is 19.4 Å². The number of carbonyl (C=O) groups is 3. The molecule has 0 fully saturated rings. The molecule has 1 heterocycles. The number of pyridine rings is 1. The van der Waals surface area contributed by atoms with Crippen molar-refractivity contribution in [3.05, 3.63) is 95.9 Å². The molecule has 0 aliphatic carbocycles. The second kappa shape index (κ2) is 49.0. The number of hydrogen-bond donors (Lipinski definition) is 0. The minimum Gasteiger partial charge on any atom is -0.461 e. The number of aromatic nitrogens is 1. The summed E-state index contributed by atoms with van der Waals surface area (Å²) < 4.78 is 17.5. The first-order chi connectivity index (χ1) is 33.9. The predicted molar refractivity (Wildman–Crippen MR) is 292 cm³/mol. The summed E-state index contributed by atoms with van der Waals surface area (Å²) in [7, 11) is 0. The molecule has 0 amide bonds. The van der Waals surface area contributed by atoms with E-state index < -0.39 is 0 Å². The van der Waals surface area contributed by atoms with Crippen molar-refractivity contribution >= 4 is 17.9 Å². The molecule has 0 atom stereocenters. The SMILES string of the molecule is CCCCC/C=C\C/C=C\CCCCCCCC(=O)OCc1cnc(C)c(OC(=O)CCCCCCC/C=C\C/C=C\CCCCC)c1COC(=O)CCCCCCC/C=C\C/C=C\CCCCC. The fourth-order valence-electron chi connectivity index (χ4n) is 7.96. The van der Waals surface area contributed by atoms with Crippen molar-refractivity contribution in [1.29, 1.82) is 0 Å². The smallest absolute Gasteiger partial charge is 0.311 e. The fourth-order valence-corrected chi connectivity index (χ4v) is 7.96. The summed E-state index contributed by atoms with van der Waals surface area (Å²) in [6.45, 7) is 8.39. The molecule has 1 aromatic rings. The maximum absolute atomic E-state index is 13.2. The number of esters is 3. The lowest BCUT2D eigenvalue weighted by atomic mass is 10.1. The molecule has 7 heteroatoms. The van der Waals surface area contributed by atoms with Crippen LogP contribution in [0.25, 0.3) is 0 Å². The van der Waals surface area contributed by atoms with Gasteiger partial charge >= 0.3 is 17.9 Å². The van der Waals surface area contributed by atoms with E-state index in [2.05, 4.69) is 98.7 Å². The first kappa shape index (κ1) is 63.0. The van der Waals surface area contributed by atoms with Gasteiger partial charge in [0.05, 0.1) is 5.69 Å². The van der Waals surface area contributed by atoms with E-state index in [-0.39, 0.29) is 31.1 Å². The van der Waals surface area contributed by atoms with Gasteiger partial charge in [-0.25, -0.2) is 0 Å². The van der Waals surface area contributed by atoms with Crippen molar-refractivity contribution in [3.63, 3.8) is 0 Å². The van der Waals surface area contributed by atoms with Gasteiger partial charge in [-0.05, 0) is 122 Å². The van der Waals surface area contributed by atoms with Crippen molar-refractivity contribution < 1.29 is 28.6 Å². The van der Waals surface area contributed by atoms with Crippen LogP contribution in [0.15, 0.2) is 79.1 Å². The highest BCUT2D eigenvalue weighted by molar-refractivity contribution is 5.74. The normalized spacial score (nSPS) is 12.1. The zero-order chi connectivity index (χ0) is 49.9. The van der Waals surface area contributed by atoms with Crippen LogP contribution in [-0.4, -0.2) is 22.9 Å². The largest absolute Gasteiger partial charge is 0.461 e. The van der Waals surface area contributed by atoms with E-state index in [0.29, 0.717) is 41.8 Å². The molecule has 7 nitrogen and oxygen atoms in total. The minimum atomic E-state index is -0.334. The average Bonchev–Trinajstić information content (AvgIpc) is 3.34. The molecule has 0 radical (unpaired) electrons. The van der Waals surface area contributed by atoms with Crippen molar-refractivity contribution in [2.24, 2.45) is 0 Å². The van der Waals surface area contributed by atoms with E-state index in [1.807, 2.05) is 0 Å². The molecule has 1 aromatic heterocycles. The second-order valence-electron chi connectivity index (χ2n) is 18.9. The number of unbranched alkanes of at least 4 members (excludes halogenated alkanes) is 24. The molecule has 69 heavy (non-hydrogen) atoms. The number of allylic oxidation sites excluding steroid dienone is 12. The van der Waals surface area contributed by atoms with E-state index in [0.717, 1.165) is 135 Å². The lowest BCUT2D eigenvalue weighted by molar-refractivity contribution is -0.146. The minimum absolute atomic E-state index is 0.0281. The first-order valence-electron chi connectivity index (χ1n) is 28.3. The van der Waals surface area contributed by atoms with E-state index in [1.165, 1.54) is 77.0 Å². The third kappa shape index (κ3) is 40.4. The van der Waals surface area contributed by atoms with Crippen LogP contribution in [0, 0.1) is 6.92 Å². The third-order valence-corrected chi connectivity index (χ3v) is 12.4. The van der Waals surface area contributed by atoms with Gasteiger partial charge < -0.3 is 14.2 Å². The molecule has 0 N–H and O–H groups in total. The molecule has 0 saturated heterocycles. The Morgan fingerprint density at radius 3 is 1.10 bits per heavy atom. The molecule has 390 valence electrons. The summed E-state index contributed by atoms with van der Waals surface area (Å²) in [5, 5.41) is 0. The molecular formula is C62H101NO6. The Kier molecular flexibility index (Phi) is 44.8. The van der Waals surface area contributed by atoms with Gasteiger partial charge in [0, 0.05) is 36.6 Å². The fraction of sp³-hybridized carbons (Fsp3) is 0.677. The highest BCUT2D eigenvalue weighted by atomic mass is 16.5. The molecular weight excluding hydrogens is 855 g/mol. The lowest BCUT2D eigenvalue weighted by Crippen LogP contribution is -2.15. The van der Waals surface area contributed by atoms with Crippen molar-refractivity contribution in [2.45, 2.75) is 272 Å². The van der Waals surface area contributed by atoms with Crippen LogP contribution < -0.4 is 4.74 Å². The Bertz CT molecular complexity index is 1580. The summed E-state index contributed by atoms with van der Waals surface area (Å²) in [5.74, 6) is -0.597. The predicted octanol–water partition coefficient (Wildman–Crippen LogP) is 18.8. The summed E-state index contributed by atoms with van der Waals surface area (Å²) in [5.41, 5.74) is 1.65. The molecule has 0 aliphatic heterocycles. The Hall–Kier alpha value is -4.00. The number of carbonyl (C=O) groups excluding carboxylic acids is 3. The molecule has 0 bridgehead atoms. The van der Waals surface area contributed by atoms with Crippen molar-refractivity contribution in [3.8, 4) is 5.75 Å². The molecule has 1 rings (SSSR count). The number of ether oxygens (including phenoxy) is 3. The molecule has 0 aromatic carbocycles. The highest BCUT2D eigenvalue weighted by Gasteiger charge is 2.20. The van der Waals surface area contributed by atoms with Crippen LogP contribution >= 0.6 is 0 Å². The van der Waals surface area contributed by atoms with E-state index in [1.54, 1.807) is 13.1 Å². The standard InChI is InChI=1S/C62H101NO6/c1-5-8-11-14-17-20-23-26-29-32-35-38-41-44-47-50-59(64)67-54-57-53-63-56(4)62(69-61(66)52-49-46-43-40-37-34-31-28-25-22-19-16-13-10-7-3)58(57)55-68-60(65)51-48-45-42-39-36-33-30-27-24-21-18-15-12-9-6-2/h17-22,26-31,53H,5-16,23-25,32-52,54-55H2,1-4H3/b20-17-,21-18-,22-19-,29-26-,30-27-,31-28-. The Balaban J connectivity index is 2.61. The van der Waals surface area contributed by atoms with Gasteiger partial charge in [-0.2, -0.15) is 0 Å². The topological polar surface area (TPSA) is 91.8 Å². The maximum atomic E-state index is 13.2. The lowest BCUT2D eigenvalue weighted by Gasteiger charge is -2.17. The quantitative estimate of drug-likeness (QED) is 0.0365. The third-order valence-electron chi connectivity index (χ3n) is 12.4. The van der Waals surface area contributed by atoms with Gasteiger partial charge in [-0.15, -0.1) is 0 Å². The van der Waals surface area contributed by atoms with Crippen LogP contribution in [0.1, 0.15) is 269 Å². The average molecular weight is 956 g/mol. The van der Waals surface area contributed by atoms with Gasteiger partial charge in [0.15, 0.2) is 5.75 Å². The van der Waals surface area contributed by atoms with E-state index in [4.69, 9.17) is 14.2 Å². The van der Waals surface area contributed by atoms with Crippen LogP contribution in [0.3, 0.4) is 0 Å². The molecule has 0 saturated carbocycles. The number of hydrogen-bond acceptors (Lipinski definition) is 7. The molecule has 0 unspecified atom stereocenters. The second-order valence-corrected chi connectivity index (χ2v) is 18.9. The Morgan fingerprint density at radius 1 is 0.406 bits per heavy atom. The van der Waals surface area contributed by atoms with E-state index >= 15 is 0 Å². The maximum Gasteiger partial charge on any atom is 0.311 e. The zero-order valence-electron chi connectivity index (χ0n) is 44.8. The van der Waals surface area contributed by atoms with Crippen LogP contribution in [0.2, 0.25) is 0 Å². The highest BCUT2D eigenvalue weighted by Crippen LogP contribution is 2.28. The monoisotopic (exact) mass is 956 g/mol. The summed E-state index contributed by atoms with van der Waals surface area (Å²) >= 11 is 0. The van der Waals surface area contributed by atoms with Crippen molar-refractivity contribution in [2.75, 3.05) is 0 Å². The zero-order valence-corrected chi connectivity index (χ0v) is 44.8. The van der Waals surface area contributed by atoms with Gasteiger partial charge in [0.2, 0.25) is 0 Å². The van der Waals surface area contributed by atoms with Crippen LogP contribution in [-0.2, 0) is 37.1 Å². The van der Waals surface area contributed by atoms with Gasteiger partial charge in [-0.1, -0.05) is 190 Å². The van der Waals surface area contributed by atoms with Crippen LogP contribution in [0.5, 0.6) is 5.75 Å². The van der Waals surface area contributed by atoms with Crippen molar-refractivity contribution in [1.82, 2.24) is 4.98 Å². The molecule has 0 aliphatic rings. The van der Waals surface area contributed by atoms with Crippen LogP contribution in [0.4, 0.5) is 0 Å².